The molecule has 0 amide bonds. The number of H-pyrrole nitrogens is 1. The molecular formula is C20H15F2N3O4S. The maximum Gasteiger partial charge on any atom is 0.272 e. The van der Waals surface area contributed by atoms with E-state index in [-0.39, 0.29) is 27.6 Å². The number of fused-ring (bicyclic) bond motifs is 1. The Morgan fingerprint density at radius 1 is 1.17 bits per heavy atom. The summed E-state index contributed by atoms with van der Waals surface area (Å²) >= 11 is 0. The minimum absolute atomic E-state index is 0.0816. The zero-order valence-corrected chi connectivity index (χ0v) is 16.6. The molecule has 1 N–H and O–H groups in total. The molecule has 4 aromatic rings. The maximum atomic E-state index is 14.1. The fourth-order valence-corrected chi connectivity index (χ4v) is 3.70. The van der Waals surface area contributed by atoms with Crippen molar-refractivity contribution >= 4 is 15.4 Å². The summed E-state index contributed by atoms with van der Waals surface area (Å²) in [5, 5.41) is 0. The summed E-state index contributed by atoms with van der Waals surface area (Å²) in [6, 6.07) is 5.80. The second-order valence-electron chi connectivity index (χ2n) is 6.69. The summed E-state index contributed by atoms with van der Waals surface area (Å²) in [6.45, 7) is 1.72. The number of hydrogen-bond acceptors (Lipinski definition) is 5. The molecule has 0 saturated heterocycles. The van der Waals surface area contributed by atoms with Crippen molar-refractivity contribution in [2.24, 2.45) is 0 Å². The Morgan fingerprint density at radius 2 is 1.93 bits per heavy atom. The first-order chi connectivity index (χ1) is 14.1. The lowest BCUT2D eigenvalue weighted by atomic mass is 10.2. The van der Waals surface area contributed by atoms with Crippen LogP contribution in [0.1, 0.15) is 5.56 Å². The number of pyridine rings is 1. The zero-order valence-electron chi connectivity index (χ0n) is 15.8. The van der Waals surface area contributed by atoms with Gasteiger partial charge in [-0.05, 0) is 36.8 Å². The Balaban J connectivity index is 1.98. The molecule has 0 bridgehead atoms. The van der Waals surface area contributed by atoms with Gasteiger partial charge >= 0.3 is 0 Å². The fourth-order valence-electron chi connectivity index (χ4n) is 3.12. The number of aromatic amines is 1. The van der Waals surface area contributed by atoms with Crippen LogP contribution in [0.15, 0.2) is 58.6 Å². The molecule has 0 aliphatic carbocycles. The predicted octanol–water partition coefficient (Wildman–Crippen LogP) is 3.47. The Morgan fingerprint density at radius 3 is 2.63 bits per heavy atom. The number of aryl methyl sites for hydroxylation is 1. The normalized spacial score (nSPS) is 11.7. The van der Waals surface area contributed by atoms with Crippen LogP contribution in [0.5, 0.6) is 11.6 Å². The van der Waals surface area contributed by atoms with E-state index in [0.29, 0.717) is 22.8 Å². The molecule has 4 rings (SSSR count). The van der Waals surface area contributed by atoms with E-state index in [2.05, 4.69) is 9.97 Å². The largest absolute Gasteiger partial charge is 0.435 e. The fraction of sp³-hybridized carbons (Fsp3) is 0.100. The first kappa shape index (κ1) is 19.8. The summed E-state index contributed by atoms with van der Waals surface area (Å²) in [5.41, 5.74) is 1.30. The van der Waals surface area contributed by atoms with Gasteiger partial charge in [0.2, 0.25) is 5.88 Å². The van der Waals surface area contributed by atoms with Crippen LogP contribution in [0.2, 0.25) is 0 Å². The third kappa shape index (κ3) is 3.45. The Kier molecular flexibility index (Phi) is 4.65. The van der Waals surface area contributed by atoms with Crippen LogP contribution < -0.4 is 10.3 Å². The molecule has 10 heteroatoms. The van der Waals surface area contributed by atoms with Crippen molar-refractivity contribution in [3.8, 4) is 22.9 Å². The minimum atomic E-state index is -3.61. The van der Waals surface area contributed by atoms with Crippen molar-refractivity contribution < 1.29 is 21.9 Å². The third-order valence-electron chi connectivity index (χ3n) is 4.51. The molecule has 30 heavy (non-hydrogen) atoms. The first-order valence-corrected chi connectivity index (χ1v) is 10.6. The molecule has 0 saturated carbocycles. The second-order valence-corrected chi connectivity index (χ2v) is 8.71. The van der Waals surface area contributed by atoms with Crippen molar-refractivity contribution in [1.82, 2.24) is 14.4 Å². The zero-order chi connectivity index (χ0) is 21.6. The maximum absolute atomic E-state index is 14.1. The SMILES string of the molecule is Cc1cc(-c2cc(S(C)(=O)=O)cnc2Oc2ccc(F)cc2F)n2cc[nH]c(=O)c12. The molecule has 0 atom stereocenters. The van der Waals surface area contributed by atoms with Crippen molar-refractivity contribution in [2.45, 2.75) is 11.8 Å². The van der Waals surface area contributed by atoms with Crippen molar-refractivity contribution in [2.75, 3.05) is 6.26 Å². The number of benzene rings is 1. The molecule has 0 spiro atoms. The molecule has 0 radical (unpaired) electrons. The number of aromatic nitrogens is 3. The van der Waals surface area contributed by atoms with Gasteiger partial charge in [-0.2, -0.15) is 0 Å². The van der Waals surface area contributed by atoms with Crippen LogP contribution in [0, 0.1) is 18.6 Å². The molecule has 0 unspecified atom stereocenters. The molecule has 0 aliphatic rings. The van der Waals surface area contributed by atoms with Gasteiger partial charge in [0.25, 0.3) is 5.56 Å². The van der Waals surface area contributed by atoms with Gasteiger partial charge in [-0.25, -0.2) is 22.2 Å². The quantitative estimate of drug-likeness (QED) is 0.534. The van der Waals surface area contributed by atoms with Gasteiger partial charge in [0.15, 0.2) is 21.4 Å². The van der Waals surface area contributed by atoms with Crippen LogP contribution in [0.4, 0.5) is 8.78 Å². The van der Waals surface area contributed by atoms with E-state index in [4.69, 9.17) is 4.74 Å². The van der Waals surface area contributed by atoms with Crippen LogP contribution in [0.25, 0.3) is 16.8 Å². The highest BCUT2D eigenvalue weighted by Crippen LogP contribution is 2.35. The Bertz CT molecular complexity index is 1460. The first-order valence-electron chi connectivity index (χ1n) is 8.68. The molecule has 1 aromatic carbocycles. The van der Waals surface area contributed by atoms with E-state index in [1.165, 1.54) is 12.3 Å². The molecule has 0 aliphatic heterocycles. The molecular weight excluding hydrogens is 416 g/mol. The molecule has 154 valence electrons. The third-order valence-corrected chi connectivity index (χ3v) is 5.59. The number of ether oxygens (including phenoxy) is 1. The van der Waals surface area contributed by atoms with E-state index in [0.717, 1.165) is 24.6 Å². The topological polar surface area (TPSA) is 93.5 Å². The number of hydrogen-bond donors (Lipinski definition) is 1. The van der Waals surface area contributed by atoms with E-state index >= 15 is 0 Å². The van der Waals surface area contributed by atoms with Crippen LogP contribution in [-0.4, -0.2) is 29.0 Å². The smallest absolute Gasteiger partial charge is 0.272 e. The summed E-state index contributed by atoms with van der Waals surface area (Å²) in [4.78, 5) is 18.8. The van der Waals surface area contributed by atoms with Gasteiger partial charge in [0, 0.05) is 30.9 Å². The number of nitrogens with one attached hydrogen (secondary N) is 1. The van der Waals surface area contributed by atoms with Crippen molar-refractivity contribution in [3.63, 3.8) is 0 Å². The summed E-state index contributed by atoms with van der Waals surface area (Å²) in [7, 11) is -3.61. The van der Waals surface area contributed by atoms with Gasteiger partial charge in [0.05, 0.1) is 16.2 Å². The van der Waals surface area contributed by atoms with Gasteiger partial charge in [-0.3, -0.25) is 4.79 Å². The van der Waals surface area contributed by atoms with E-state index in [1.54, 1.807) is 23.6 Å². The van der Waals surface area contributed by atoms with Crippen molar-refractivity contribution in [3.05, 3.63) is 76.5 Å². The Hall–Kier alpha value is -3.53. The van der Waals surface area contributed by atoms with Gasteiger partial charge < -0.3 is 14.1 Å². The standard InChI is InChI=1S/C20H15F2N3O4S/c1-11-7-16(25-6-5-23-19(26)18(11)25)14-9-13(30(2,27)28)10-24-20(14)29-17-4-3-12(21)8-15(17)22/h3-10H,1-2H3,(H,23,26). The predicted molar refractivity (Wildman–Crippen MR) is 106 cm³/mol. The van der Waals surface area contributed by atoms with Crippen molar-refractivity contribution in [1.29, 1.82) is 0 Å². The number of nitrogens with zero attached hydrogens (tertiary/aromatic N) is 2. The molecule has 3 aromatic heterocycles. The summed E-state index contributed by atoms with van der Waals surface area (Å²) in [5.74, 6) is -2.10. The number of rotatable bonds is 4. The number of sulfone groups is 1. The van der Waals surface area contributed by atoms with E-state index < -0.39 is 21.5 Å². The average Bonchev–Trinajstić information content (AvgIpc) is 3.01. The van der Waals surface area contributed by atoms with Gasteiger partial charge in [-0.15, -0.1) is 0 Å². The lowest BCUT2D eigenvalue weighted by molar-refractivity contribution is 0.424. The highest BCUT2D eigenvalue weighted by molar-refractivity contribution is 7.90. The molecule has 0 fully saturated rings. The lowest BCUT2D eigenvalue weighted by Crippen LogP contribution is -2.09. The second kappa shape index (κ2) is 7.06. The van der Waals surface area contributed by atoms with Crippen LogP contribution in [-0.2, 0) is 9.84 Å². The molecule has 3 heterocycles. The van der Waals surface area contributed by atoms with Crippen LogP contribution in [0.3, 0.4) is 0 Å². The average molecular weight is 431 g/mol. The van der Waals surface area contributed by atoms with Gasteiger partial charge in [0.1, 0.15) is 11.3 Å². The van der Waals surface area contributed by atoms with E-state index in [9.17, 15) is 22.0 Å². The summed E-state index contributed by atoms with van der Waals surface area (Å²) < 4.78 is 58.6. The monoisotopic (exact) mass is 431 g/mol. The highest BCUT2D eigenvalue weighted by Gasteiger charge is 2.20. The van der Waals surface area contributed by atoms with E-state index in [1.807, 2.05) is 0 Å². The number of halogens is 2. The van der Waals surface area contributed by atoms with Gasteiger partial charge in [-0.1, -0.05) is 0 Å². The minimum Gasteiger partial charge on any atom is -0.435 e. The summed E-state index contributed by atoms with van der Waals surface area (Å²) in [6.07, 6.45) is 5.14. The lowest BCUT2D eigenvalue weighted by Gasteiger charge is -2.12. The highest BCUT2D eigenvalue weighted by atomic mass is 32.2. The van der Waals surface area contributed by atoms with Crippen LogP contribution >= 0.6 is 0 Å². The Labute approximate surface area is 169 Å². The molecule has 7 nitrogen and oxygen atoms in total.